The summed E-state index contributed by atoms with van der Waals surface area (Å²) in [7, 11) is 0. The molecule has 4 heterocycles. The Morgan fingerprint density at radius 2 is 1.96 bits per heavy atom. The highest BCUT2D eigenvalue weighted by molar-refractivity contribution is 7.11. The molecule has 3 aromatic heterocycles. The van der Waals surface area contributed by atoms with Gasteiger partial charge in [-0.15, -0.1) is 11.3 Å². The zero-order valence-electron chi connectivity index (χ0n) is 15.9. The molecule has 7 heteroatoms. The highest BCUT2D eigenvalue weighted by Crippen LogP contribution is 2.29. The summed E-state index contributed by atoms with van der Waals surface area (Å²) in [6.07, 6.45) is 7.93. The molecule has 0 unspecified atom stereocenters. The fraction of sp³-hybridized carbons (Fsp3) is 0.500. The molecule has 1 saturated heterocycles. The fourth-order valence-electron chi connectivity index (χ4n) is 3.47. The van der Waals surface area contributed by atoms with Gasteiger partial charge in [0, 0.05) is 28.4 Å². The number of likely N-dealkylation sites (tertiary alicyclic amines) is 1. The Bertz CT molecular complexity index is 865. The predicted octanol–water partition coefficient (Wildman–Crippen LogP) is 4.23. The molecule has 1 fully saturated rings. The van der Waals surface area contributed by atoms with Crippen LogP contribution in [0.15, 0.2) is 29.0 Å². The van der Waals surface area contributed by atoms with E-state index < -0.39 is 0 Å². The lowest BCUT2D eigenvalue weighted by molar-refractivity contribution is 0.201. The SMILES string of the molecule is CCCc1ccc(CN2CCC(c3noc(-c4cnc(C)cn4)n3)CC2)s1. The van der Waals surface area contributed by atoms with E-state index in [9.17, 15) is 0 Å². The molecule has 0 spiro atoms. The minimum Gasteiger partial charge on any atom is -0.332 e. The molecule has 0 bridgehead atoms. The van der Waals surface area contributed by atoms with Gasteiger partial charge in [0.2, 0.25) is 0 Å². The molecule has 1 aliphatic heterocycles. The van der Waals surface area contributed by atoms with Crippen molar-refractivity contribution in [2.75, 3.05) is 13.1 Å². The molecule has 0 atom stereocenters. The summed E-state index contributed by atoms with van der Waals surface area (Å²) in [5.41, 5.74) is 1.51. The zero-order chi connectivity index (χ0) is 18.6. The maximum Gasteiger partial charge on any atom is 0.278 e. The monoisotopic (exact) mass is 383 g/mol. The van der Waals surface area contributed by atoms with Crippen LogP contribution in [-0.2, 0) is 13.0 Å². The van der Waals surface area contributed by atoms with E-state index in [-0.39, 0.29) is 0 Å². The van der Waals surface area contributed by atoms with Crippen LogP contribution in [0.1, 0.15) is 53.4 Å². The van der Waals surface area contributed by atoms with E-state index in [0.717, 1.165) is 44.0 Å². The van der Waals surface area contributed by atoms with Gasteiger partial charge in [-0.05, 0) is 51.4 Å². The average Bonchev–Trinajstić information content (AvgIpc) is 3.33. The van der Waals surface area contributed by atoms with E-state index in [4.69, 9.17) is 4.52 Å². The van der Waals surface area contributed by atoms with E-state index >= 15 is 0 Å². The summed E-state index contributed by atoms with van der Waals surface area (Å²) in [6, 6.07) is 4.57. The van der Waals surface area contributed by atoms with Crippen LogP contribution in [0.3, 0.4) is 0 Å². The van der Waals surface area contributed by atoms with Gasteiger partial charge in [0.1, 0.15) is 5.69 Å². The maximum atomic E-state index is 5.42. The van der Waals surface area contributed by atoms with Crippen LogP contribution in [0, 0.1) is 6.92 Å². The topological polar surface area (TPSA) is 67.9 Å². The van der Waals surface area contributed by atoms with Crippen molar-refractivity contribution in [2.24, 2.45) is 0 Å². The van der Waals surface area contributed by atoms with E-state index in [2.05, 4.69) is 44.1 Å². The summed E-state index contributed by atoms with van der Waals surface area (Å²) >= 11 is 1.96. The Balaban J connectivity index is 1.33. The van der Waals surface area contributed by atoms with Crippen LogP contribution in [0.25, 0.3) is 11.6 Å². The van der Waals surface area contributed by atoms with E-state index in [1.54, 1.807) is 12.4 Å². The number of rotatable bonds is 6. The maximum absolute atomic E-state index is 5.42. The summed E-state index contributed by atoms with van der Waals surface area (Å²) in [4.78, 5) is 18.6. The van der Waals surface area contributed by atoms with Gasteiger partial charge >= 0.3 is 0 Å². The largest absolute Gasteiger partial charge is 0.332 e. The van der Waals surface area contributed by atoms with Gasteiger partial charge in [-0.2, -0.15) is 4.98 Å². The standard InChI is InChI=1S/C20H25N5OS/c1-3-4-16-5-6-17(27-16)13-25-9-7-15(8-10-25)19-23-20(26-24-19)18-12-21-14(2)11-22-18/h5-6,11-12,15H,3-4,7-10,13H2,1-2H3. The predicted molar refractivity (Wildman–Crippen MR) is 106 cm³/mol. The van der Waals surface area contributed by atoms with Gasteiger partial charge in [0.25, 0.3) is 5.89 Å². The van der Waals surface area contributed by atoms with Crippen molar-refractivity contribution >= 4 is 11.3 Å². The molecule has 142 valence electrons. The molecular formula is C20H25N5OS. The second kappa shape index (κ2) is 8.27. The zero-order valence-corrected chi connectivity index (χ0v) is 16.7. The number of thiophene rings is 1. The molecule has 0 aliphatic carbocycles. The summed E-state index contributed by atoms with van der Waals surface area (Å²) < 4.78 is 5.42. The van der Waals surface area contributed by atoms with Gasteiger partial charge < -0.3 is 4.52 Å². The summed E-state index contributed by atoms with van der Waals surface area (Å²) in [5.74, 6) is 1.62. The Hall–Kier alpha value is -2.12. The number of nitrogens with zero attached hydrogens (tertiary/aromatic N) is 5. The first-order valence-corrected chi connectivity index (χ1v) is 10.5. The van der Waals surface area contributed by atoms with Crippen molar-refractivity contribution in [3.05, 3.63) is 45.8 Å². The van der Waals surface area contributed by atoms with Gasteiger partial charge in [-0.3, -0.25) is 9.88 Å². The van der Waals surface area contributed by atoms with Crippen LogP contribution in [0.2, 0.25) is 0 Å². The van der Waals surface area contributed by atoms with Gasteiger partial charge in [-0.25, -0.2) is 4.98 Å². The van der Waals surface area contributed by atoms with Gasteiger partial charge in [-0.1, -0.05) is 18.5 Å². The highest BCUT2D eigenvalue weighted by atomic mass is 32.1. The van der Waals surface area contributed by atoms with Gasteiger partial charge in [0.05, 0.1) is 11.9 Å². The Morgan fingerprint density at radius 3 is 2.70 bits per heavy atom. The lowest BCUT2D eigenvalue weighted by Gasteiger charge is -2.30. The minimum atomic E-state index is 0.358. The van der Waals surface area contributed by atoms with E-state index in [1.807, 2.05) is 18.3 Å². The lowest BCUT2D eigenvalue weighted by atomic mass is 9.96. The number of aryl methyl sites for hydroxylation is 2. The van der Waals surface area contributed by atoms with Gasteiger partial charge in [0.15, 0.2) is 5.82 Å². The molecule has 0 saturated carbocycles. The lowest BCUT2D eigenvalue weighted by Crippen LogP contribution is -2.32. The molecule has 6 nitrogen and oxygen atoms in total. The van der Waals surface area contributed by atoms with Crippen LogP contribution in [-0.4, -0.2) is 38.1 Å². The molecule has 3 aromatic rings. The molecule has 27 heavy (non-hydrogen) atoms. The van der Waals surface area contributed by atoms with E-state index in [1.165, 1.54) is 22.6 Å². The molecule has 0 N–H and O–H groups in total. The highest BCUT2D eigenvalue weighted by Gasteiger charge is 2.25. The summed E-state index contributed by atoms with van der Waals surface area (Å²) in [5, 5.41) is 4.20. The number of hydrogen-bond donors (Lipinski definition) is 0. The molecule has 0 amide bonds. The van der Waals surface area contributed by atoms with Crippen LogP contribution < -0.4 is 0 Å². The first-order chi connectivity index (χ1) is 13.2. The van der Waals surface area contributed by atoms with Crippen LogP contribution >= 0.6 is 11.3 Å². The molecular weight excluding hydrogens is 358 g/mol. The molecule has 0 radical (unpaired) electrons. The van der Waals surface area contributed by atoms with E-state index in [0.29, 0.717) is 17.5 Å². The Kier molecular flexibility index (Phi) is 5.59. The fourth-order valence-corrected chi connectivity index (χ4v) is 4.63. The quantitative estimate of drug-likeness (QED) is 0.634. The number of hydrogen-bond acceptors (Lipinski definition) is 7. The number of aromatic nitrogens is 4. The van der Waals surface area contributed by atoms with Crippen LogP contribution in [0.4, 0.5) is 0 Å². The van der Waals surface area contributed by atoms with Crippen molar-refractivity contribution in [1.82, 2.24) is 25.0 Å². The first kappa shape index (κ1) is 18.3. The second-order valence-corrected chi connectivity index (χ2v) is 8.42. The van der Waals surface area contributed by atoms with Crippen molar-refractivity contribution in [1.29, 1.82) is 0 Å². The third-order valence-electron chi connectivity index (χ3n) is 4.99. The second-order valence-electron chi connectivity index (χ2n) is 7.17. The van der Waals surface area contributed by atoms with Crippen LogP contribution in [0.5, 0.6) is 0 Å². The van der Waals surface area contributed by atoms with Crippen molar-refractivity contribution < 1.29 is 4.52 Å². The normalized spacial score (nSPS) is 16.1. The van der Waals surface area contributed by atoms with Crippen molar-refractivity contribution in [2.45, 2.75) is 52.0 Å². The third kappa shape index (κ3) is 4.42. The minimum absolute atomic E-state index is 0.358. The molecule has 1 aliphatic rings. The molecule has 4 rings (SSSR count). The molecule has 0 aromatic carbocycles. The number of piperidine rings is 1. The average molecular weight is 384 g/mol. The third-order valence-corrected chi connectivity index (χ3v) is 6.12. The Morgan fingerprint density at radius 1 is 1.15 bits per heavy atom. The smallest absolute Gasteiger partial charge is 0.278 e. The van der Waals surface area contributed by atoms with Crippen molar-refractivity contribution in [3.8, 4) is 11.6 Å². The van der Waals surface area contributed by atoms with Crippen molar-refractivity contribution in [3.63, 3.8) is 0 Å². The summed E-state index contributed by atoms with van der Waals surface area (Å²) in [6.45, 7) is 7.33. The first-order valence-electron chi connectivity index (χ1n) is 9.64. The Labute approximate surface area is 163 Å².